The van der Waals surface area contributed by atoms with Gasteiger partial charge in [0, 0.05) is 30.6 Å². The van der Waals surface area contributed by atoms with Crippen molar-refractivity contribution in [2.24, 2.45) is 5.92 Å². The Morgan fingerprint density at radius 2 is 1.82 bits per heavy atom. The number of amides is 1. The van der Waals surface area contributed by atoms with Crippen molar-refractivity contribution >= 4 is 57.7 Å². The average molecular weight is 512 g/mol. The Balaban J connectivity index is 1.45. The van der Waals surface area contributed by atoms with E-state index in [-0.39, 0.29) is 22.9 Å². The first kappa shape index (κ1) is 22.7. The molecular weight excluding hydrogens is 490 g/mol. The van der Waals surface area contributed by atoms with Crippen molar-refractivity contribution in [3.05, 3.63) is 51.2 Å². The molecule has 2 aliphatic rings. The summed E-state index contributed by atoms with van der Waals surface area (Å²) in [6.07, 6.45) is 2.23. The molecule has 3 aromatic rings. The highest BCUT2D eigenvalue weighted by molar-refractivity contribution is 6.42. The number of imidazole rings is 1. The van der Waals surface area contributed by atoms with Crippen LogP contribution in [0.4, 0.5) is 10.3 Å². The van der Waals surface area contributed by atoms with Crippen LogP contribution >= 0.6 is 34.8 Å². The van der Waals surface area contributed by atoms with E-state index >= 15 is 0 Å². The van der Waals surface area contributed by atoms with Gasteiger partial charge in [0.1, 0.15) is 5.82 Å². The summed E-state index contributed by atoms with van der Waals surface area (Å²) in [6, 6.07) is 7.87. The number of halogens is 4. The lowest BCUT2D eigenvalue weighted by atomic mass is 9.95. The molecule has 6 nitrogen and oxygen atoms in total. The van der Waals surface area contributed by atoms with Crippen LogP contribution in [0.1, 0.15) is 19.3 Å². The summed E-state index contributed by atoms with van der Waals surface area (Å²) >= 11 is 18.7. The van der Waals surface area contributed by atoms with E-state index in [0.717, 1.165) is 6.42 Å². The van der Waals surface area contributed by atoms with Crippen LogP contribution in [0.3, 0.4) is 0 Å². The fourth-order valence-corrected chi connectivity index (χ4v) is 5.04. The molecule has 174 valence electrons. The van der Waals surface area contributed by atoms with Crippen molar-refractivity contribution in [2.45, 2.75) is 25.3 Å². The van der Waals surface area contributed by atoms with Gasteiger partial charge >= 0.3 is 0 Å². The molecular formula is C23H22Cl3FN4O2. The summed E-state index contributed by atoms with van der Waals surface area (Å²) in [4.78, 5) is 19.6. The maximum absolute atomic E-state index is 14.2. The first-order valence-electron chi connectivity index (χ1n) is 10.9. The van der Waals surface area contributed by atoms with Crippen LogP contribution in [0.2, 0.25) is 15.1 Å². The van der Waals surface area contributed by atoms with Gasteiger partial charge in [-0.15, -0.1) is 0 Å². The number of aromatic nitrogens is 2. The lowest BCUT2D eigenvalue weighted by Gasteiger charge is -2.32. The molecule has 10 heteroatoms. The number of carbonyl (C=O) groups is 1. The number of nitrogens with one attached hydrogen (secondary N) is 1. The molecule has 1 aromatic heterocycles. The van der Waals surface area contributed by atoms with Crippen LogP contribution in [-0.4, -0.2) is 47.8 Å². The minimum Gasteiger partial charge on any atom is -0.379 e. The predicted octanol–water partition coefficient (Wildman–Crippen LogP) is 5.25. The molecule has 0 spiro atoms. The van der Waals surface area contributed by atoms with Crippen molar-refractivity contribution < 1.29 is 13.9 Å². The first-order chi connectivity index (χ1) is 15.9. The number of anilines is 1. The molecule has 2 aromatic carbocycles. The Kier molecular flexibility index (Phi) is 6.40. The second-order valence-corrected chi connectivity index (χ2v) is 9.71. The number of ether oxygens (including phenoxy) is 1. The van der Waals surface area contributed by atoms with E-state index in [1.807, 2.05) is 4.57 Å². The van der Waals surface area contributed by atoms with Crippen molar-refractivity contribution in [1.29, 1.82) is 0 Å². The third-order valence-corrected chi connectivity index (χ3v) is 7.15. The maximum atomic E-state index is 14.2. The Morgan fingerprint density at radius 3 is 2.52 bits per heavy atom. The molecule has 1 N–H and O–H groups in total. The van der Waals surface area contributed by atoms with E-state index in [9.17, 15) is 9.18 Å². The summed E-state index contributed by atoms with van der Waals surface area (Å²) in [5, 5.41) is 4.15. The lowest BCUT2D eigenvalue weighted by Crippen LogP contribution is -2.44. The van der Waals surface area contributed by atoms with Crippen LogP contribution in [0, 0.1) is 11.7 Å². The summed E-state index contributed by atoms with van der Waals surface area (Å²) in [7, 11) is 0. The minimum absolute atomic E-state index is 0.0628. The van der Waals surface area contributed by atoms with Gasteiger partial charge in [-0.25, -0.2) is 9.37 Å². The molecule has 3 heterocycles. The van der Waals surface area contributed by atoms with Gasteiger partial charge < -0.3 is 15.0 Å². The number of hydrogen-bond acceptors (Lipinski definition) is 4. The topological polar surface area (TPSA) is 59.4 Å². The molecule has 0 aliphatic carbocycles. The molecule has 2 saturated heterocycles. The summed E-state index contributed by atoms with van der Waals surface area (Å²) in [5.41, 5.74) is 1.88. The second-order valence-electron chi connectivity index (χ2n) is 8.46. The smallest absolute Gasteiger partial charge is 0.223 e. The van der Waals surface area contributed by atoms with Gasteiger partial charge in [-0.2, -0.15) is 0 Å². The van der Waals surface area contributed by atoms with E-state index in [0.29, 0.717) is 71.9 Å². The van der Waals surface area contributed by atoms with Crippen LogP contribution < -0.4 is 10.2 Å². The highest BCUT2D eigenvalue weighted by Crippen LogP contribution is 2.35. The van der Waals surface area contributed by atoms with Gasteiger partial charge in [-0.05, 0) is 49.6 Å². The number of rotatable bonds is 4. The molecule has 2 aliphatic heterocycles. The molecule has 0 saturated carbocycles. The number of fused-ring (bicyclic) bond motifs is 1. The predicted molar refractivity (Wildman–Crippen MR) is 128 cm³/mol. The molecule has 2 fully saturated rings. The number of nitrogens with zero attached hydrogens (tertiary/aromatic N) is 3. The monoisotopic (exact) mass is 510 g/mol. The van der Waals surface area contributed by atoms with Crippen molar-refractivity contribution in [2.75, 3.05) is 31.2 Å². The minimum atomic E-state index is -0.448. The fraction of sp³-hybridized carbons (Fsp3) is 0.391. The van der Waals surface area contributed by atoms with Crippen LogP contribution in [0.5, 0.6) is 0 Å². The highest BCUT2D eigenvalue weighted by atomic mass is 35.5. The number of carbonyl (C=O) groups excluding carboxylic acids is 1. The Morgan fingerprint density at radius 1 is 1.06 bits per heavy atom. The zero-order chi connectivity index (χ0) is 23.1. The standard InChI is InChI=1S/C23H22Cl3FN4O2/c24-14-7-15(27)9-17(8-14)31-21-11-19(26)18(25)10-20(21)29-23(31)30-4-1-13(2-5-30)22(32)28-16-3-6-33-12-16/h7-11,13,16H,1-6,12H2,(H,28,32). The van der Waals surface area contributed by atoms with Crippen molar-refractivity contribution in [1.82, 2.24) is 14.9 Å². The SMILES string of the molecule is O=C(NC1CCOC1)C1CCN(c2nc3cc(Cl)c(Cl)cc3n2-c2cc(F)cc(Cl)c2)CC1. The van der Waals surface area contributed by atoms with Gasteiger partial charge in [-0.3, -0.25) is 9.36 Å². The van der Waals surface area contributed by atoms with Crippen LogP contribution in [0.25, 0.3) is 16.7 Å². The average Bonchev–Trinajstić information content (AvgIpc) is 3.41. The lowest BCUT2D eigenvalue weighted by molar-refractivity contribution is -0.126. The Hall–Kier alpha value is -2.06. The zero-order valence-corrected chi connectivity index (χ0v) is 19.9. The molecule has 0 radical (unpaired) electrons. The molecule has 1 unspecified atom stereocenters. The van der Waals surface area contributed by atoms with E-state index in [1.165, 1.54) is 12.1 Å². The van der Waals surface area contributed by atoms with E-state index in [2.05, 4.69) is 10.2 Å². The fourth-order valence-electron chi connectivity index (χ4n) is 4.50. The van der Waals surface area contributed by atoms with Crippen LogP contribution in [0.15, 0.2) is 30.3 Å². The summed E-state index contributed by atoms with van der Waals surface area (Å²) in [5.74, 6) is 0.200. The van der Waals surface area contributed by atoms with E-state index in [1.54, 1.807) is 18.2 Å². The van der Waals surface area contributed by atoms with E-state index < -0.39 is 5.82 Å². The van der Waals surface area contributed by atoms with Crippen LogP contribution in [-0.2, 0) is 9.53 Å². The highest BCUT2D eigenvalue weighted by Gasteiger charge is 2.30. The largest absolute Gasteiger partial charge is 0.379 e. The van der Waals surface area contributed by atoms with Gasteiger partial charge in [-0.1, -0.05) is 34.8 Å². The van der Waals surface area contributed by atoms with E-state index in [4.69, 9.17) is 44.5 Å². The second kappa shape index (κ2) is 9.29. The van der Waals surface area contributed by atoms with Crippen molar-refractivity contribution in [3.63, 3.8) is 0 Å². The summed E-state index contributed by atoms with van der Waals surface area (Å²) in [6.45, 7) is 2.54. The third-order valence-electron chi connectivity index (χ3n) is 6.21. The van der Waals surface area contributed by atoms with Gasteiger partial charge in [0.25, 0.3) is 0 Å². The summed E-state index contributed by atoms with van der Waals surface area (Å²) < 4.78 is 21.4. The van der Waals surface area contributed by atoms with Gasteiger partial charge in [0.2, 0.25) is 11.9 Å². The molecule has 5 rings (SSSR count). The maximum Gasteiger partial charge on any atom is 0.223 e. The van der Waals surface area contributed by atoms with Gasteiger partial charge in [0.15, 0.2) is 0 Å². The molecule has 33 heavy (non-hydrogen) atoms. The Bertz CT molecular complexity index is 1180. The number of benzene rings is 2. The third kappa shape index (κ3) is 4.64. The number of hydrogen-bond donors (Lipinski definition) is 1. The molecule has 0 bridgehead atoms. The number of piperidine rings is 1. The molecule has 1 amide bonds. The molecule has 1 atom stereocenters. The first-order valence-corrected chi connectivity index (χ1v) is 12.0. The zero-order valence-electron chi connectivity index (χ0n) is 17.7. The quantitative estimate of drug-likeness (QED) is 0.520. The Labute approximate surface area is 205 Å². The van der Waals surface area contributed by atoms with Crippen molar-refractivity contribution in [3.8, 4) is 5.69 Å². The van der Waals surface area contributed by atoms with Gasteiger partial charge in [0.05, 0.1) is 39.4 Å². The normalized spacial score (nSPS) is 19.4.